The average molecular weight is 464 g/mol. The van der Waals surface area contributed by atoms with Gasteiger partial charge in [-0.25, -0.2) is 8.42 Å². The van der Waals surface area contributed by atoms with Crippen molar-refractivity contribution in [1.29, 1.82) is 0 Å². The van der Waals surface area contributed by atoms with Crippen LogP contribution in [0.25, 0.3) is 0 Å². The molecule has 0 bridgehead atoms. The summed E-state index contributed by atoms with van der Waals surface area (Å²) in [5.74, 6) is 1.28. The van der Waals surface area contributed by atoms with E-state index in [-0.39, 0.29) is 17.3 Å². The van der Waals surface area contributed by atoms with Crippen LogP contribution in [0.15, 0.2) is 47.4 Å². The molecule has 174 valence electrons. The van der Waals surface area contributed by atoms with Crippen molar-refractivity contribution in [3.63, 3.8) is 0 Å². The van der Waals surface area contributed by atoms with Crippen molar-refractivity contribution in [2.75, 3.05) is 66.0 Å². The van der Waals surface area contributed by atoms with Gasteiger partial charge >= 0.3 is 0 Å². The molecule has 1 saturated heterocycles. The summed E-state index contributed by atoms with van der Waals surface area (Å²) in [7, 11) is 2.07. The zero-order valence-electron chi connectivity index (χ0n) is 18.8. The van der Waals surface area contributed by atoms with Crippen molar-refractivity contribution >= 4 is 21.6 Å². The van der Waals surface area contributed by atoms with E-state index in [1.165, 1.54) is 39.5 Å². The number of likely N-dealkylation sites (N-methyl/N-ethyl adjacent to an activating group) is 1. The van der Waals surface area contributed by atoms with Crippen LogP contribution in [0.2, 0.25) is 0 Å². The lowest BCUT2D eigenvalue weighted by Gasteiger charge is -2.37. The molecule has 2 aromatic carbocycles. The molecule has 0 radical (unpaired) electrons. The van der Waals surface area contributed by atoms with Gasteiger partial charge in [0.2, 0.25) is 15.9 Å². The molecule has 32 heavy (non-hydrogen) atoms. The molecular weight excluding hydrogens is 434 g/mol. The second kappa shape index (κ2) is 10.1. The maximum absolute atomic E-state index is 13.0. The van der Waals surface area contributed by atoms with Gasteiger partial charge in [0.25, 0.3) is 0 Å². The zero-order chi connectivity index (χ0) is 23.3. The Balaban J connectivity index is 1.63. The van der Waals surface area contributed by atoms with E-state index in [2.05, 4.69) is 4.90 Å². The predicted octanol–water partition coefficient (Wildman–Crippen LogP) is 1.68. The first-order chi connectivity index (χ1) is 15.3. The van der Waals surface area contributed by atoms with Gasteiger partial charge in [-0.15, -0.1) is 0 Å². The lowest BCUT2D eigenvalue weighted by atomic mass is 10.2. The number of sulfonamides is 1. The molecule has 1 heterocycles. The molecule has 0 aliphatic carbocycles. The highest BCUT2D eigenvalue weighted by atomic mass is 32.2. The van der Waals surface area contributed by atoms with E-state index in [0.29, 0.717) is 37.7 Å². The third kappa shape index (κ3) is 4.91. The smallest absolute Gasteiger partial charge is 0.243 e. The number of anilines is 1. The molecule has 1 fully saturated rings. The molecule has 0 spiro atoms. The van der Waals surface area contributed by atoms with Gasteiger partial charge in [0.15, 0.2) is 11.5 Å². The second-order valence-corrected chi connectivity index (χ2v) is 9.36. The standard InChI is InChI=1S/C22H29N3O6S/c1-23(32(27,28)17-9-10-20(30-3)21(15-17)31-4)16-22(26)25-13-11-24(12-14-25)18-7-5-6-8-19(18)29-2/h5-10,15H,11-14,16H2,1-4H3. The Morgan fingerprint density at radius 3 is 2.16 bits per heavy atom. The number of carbonyl (C=O) groups is 1. The molecule has 3 rings (SSSR count). The average Bonchev–Trinajstić information content (AvgIpc) is 2.83. The number of para-hydroxylation sites is 2. The fraction of sp³-hybridized carbons (Fsp3) is 0.409. The molecule has 10 heteroatoms. The predicted molar refractivity (Wildman–Crippen MR) is 121 cm³/mol. The number of amides is 1. The zero-order valence-corrected chi connectivity index (χ0v) is 19.6. The van der Waals surface area contributed by atoms with E-state index in [9.17, 15) is 13.2 Å². The Labute approximate surface area is 189 Å². The van der Waals surface area contributed by atoms with Gasteiger partial charge in [0.1, 0.15) is 5.75 Å². The summed E-state index contributed by atoms with van der Waals surface area (Å²) in [5, 5.41) is 0. The van der Waals surface area contributed by atoms with Gasteiger partial charge in [-0.3, -0.25) is 4.79 Å². The molecule has 9 nitrogen and oxygen atoms in total. The monoisotopic (exact) mass is 463 g/mol. The van der Waals surface area contributed by atoms with Crippen molar-refractivity contribution in [2.45, 2.75) is 4.90 Å². The Kier molecular flexibility index (Phi) is 7.47. The first-order valence-electron chi connectivity index (χ1n) is 10.2. The molecule has 0 N–H and O–H groups in total. The molecular formula is C22H29N3O6S. The van der Waals surface area contributed by atoms with Crippen molar-refractivity contribution in [3.05, 3.63) is 42.5 Å². The Bertz CT molecular complexity index is 1050. The van der Waals surface area contributed by atoms with Gasteiger partial charge in [-0.05, 0) is 24.3 Å². The lowest BCUT2D eigenvalue weighted by molar-refractivity contribution is -0.131. The van der Waals surface area contributed by atoms with Crippen LogP contribution in [0.5, 0.6) is 17.2 Å². The molecule has 2 aromatic rings. The van der Waals surface area contributed by atoms with Crippen LogP contribution in [0.1, 0.15) is 0 Å². The van der Waals surface area contributed by atoms with E-state index in [4.69, 9.17) is 14.2 Å². The number of hydrogen-bond donors (Lipinski definition) is 0. The normalized spacial score (nSPS) is 14.4. The summed E-state index contributed by atoms with van der Waals surface area (Å²) >= 11 is 0. The fourth-order valence-electron chi connectivity index (χ4n) is 3.62. The highest BCUT2D eigenvalue weighted by molar-refractivity contribution is 7.89. The summed E-state index contributed by atoms with van der Waals surface area (Å²) in [5.41, 5.74) is 0.982. The molecule has 0 saturated carbocycles. The molecule has 1 aliphatic heterocycles. The number of piperazine rings is 1. The first-order valence-corrected chi connectivity index (χ1v) is 11.6. The highest BCUT2D eigenvalue weighted by Crippen LogP contribution is 2.31. The quantitative estimate of drug-likeness (QED) is 0.589. The number of carbonyl (C=O) groups excluding carboxylic acids is 1. The van der Waals surface area contributed by atoms with Crippen molar-refractivity contribution in [2.24, 2.45) is 0 Å². The Morgan fingerprint density at radius 1 is 0.906 bits per heavy atom. The minimum atomic E-state index is -3.87. The minimum Gasteiger partial charge on any atom is -0.495 e. The van der Waals surface area contributed by atoms with Gasteiger partial charge in [-0.1, -0.05) is 12.1 Å². The minimum absolute atomic E-state index is 0.0337. The Hall–Kier alpha value is -2.98. The van der Waals surface area contributed by atoms with E-state index in [1.54, 1.807) is 12.0 Å². The van der Waals surface area contributed by atoms with Gasteiger partial charge in [0, 0.05) is 39.3 Å². The number of benzene rings is 2. The topological polar surface area (TPSA) is 88.6 Å². The fourth-order valence-corrected chi connectivity index (χ4v) is 4.76. The molecule has 1 amide bonds. The number of nitrogens with zero attached hydrogens (tertiary/aromatic N) is 3. The Morgan fingerprint density at radius 2 is 1.53 bits per heavy atom. The number of rotatable bonds is 8. The van der Waals surface area contributed by atoms with E-state index < -0.39 is 10.0 Å². The first kappa shape index (κ1) is 23.7. The maximum atomic E-state index is 13.0. The highest BCUT2D eigenvalue weighted by Gasteiger charge is 2.28. The summed E-state index contributed by atoms with van der Waals surface area (Å²) in [4.78, 5) is 16.7. The number of ether oxygens (including phenoxy) is 3. The van der Waals surface area contributed by atoms with Crippen LogP contribution >= 0.6 is 0 Å². The lowest BCUT2D eigenvalue weighted by Crippen LogP contribution is -2.51. The molecule has 0 aromatic heterocycles. The van der Waals surface area contributed by atoms with Crippen molar-refractivity contribution in [1.82, 2.24) is 9.21 Å². The summed E-state index contributed by atoms with van der Waals surface area (Å²) < 4.78 is 42.8. The maximum Gasteiger partial charge on any atom is 0.243 e. The third-order valence-corrected chi connectivity index (χ3v) is 7.28. The third-order valence-electron chi connectivity index (χ3n) is 5.48. The van der Waals surface area contributed by atoms with Crippen LogP contribution in [0, 0.1) is 0 Å². The van der Waals surface area contributed by atoms with Gasteiger partial charge in [0.05, 0.1) is 38.5 Å². The van der Waals surface area contributed by atoms with E-state index in [0.717, 1.165) is 15.7 Å². The van der Waals surface area contributed by atoms with Crippen LogP contribution in [0.3, 0.4) is 0 Å². The number of hydrogen-bond acceptors (Lipinski definition) is 7. The number of methoxy groups -OCH3 is 3. The largest absolute Gasteiger partial charge is 0.495 e. The van der Waals surface area contributed by atoms with Crippen molar-refractivity contribution in [3.8, 4) is 17.2 Å². The molecule has 1 aliphatic rings. The SMILES string of the molecule is COc1ccc(S(=O)(=O)N(C)CC(=O)N2CCN(c3ccccc3OC)CC2)cc1OC. The molecule has 0 atom stereocenters. The summed E-state index contributed by atoms with van der Waals surface area (Å²) in [6, 6.07) is 12.1. The van der Waals surface area contributed by atoms with E-state index in [1.807, 2.05) is 24.3 Å². The van der Waals surface area contributed by atoms with Crippen molar-refractivity contribution < 1.29 is 27.4 Å². The van der Waals surface area contributed by atoms with Crippen LogP contribution in [-0.4, -0.2) is 84.6 Å². The van der Waals surface area contributed by atoms with Gasteiger partial charge in [-0.2, -0.15) is 4.31 Å². The van der Waals surface area contributed by atoms with Crippen LogP contribution < -0.4 is 19.1 Å². The molecule has 0 unspecified atom stereocenters. The second-order valence-electron chi connectivity index (χ2n) is 7.32. The van der Waals surface area contributed by atoms with Crippen LogP contribution in [-0.2, 0) is 14.8 Å². The van der Waals surface area contributed by atoms with Crippen LogP contribution in [0.4, 0.5) is 5.69 Å². The summed E-state index contributed by atoms with van der Waals surface area (Å²) in [6.45, 7) is 2.03. The van der Waals surface area contributed by atoms with E-state index >= 15 is 0 Å². The summed E-state index contributed by atoms with van der Waals surface area (Å²) in [6.07, 6.45) is 0. The van der Waals surface area contributed by atoms with Gasteiger partial charge < -0.3 is 24.0 Å².